The Hall–Kier alpha value is -3.25. The van der Waals surface area contributed by atoms with Crippen molar-refractivity contribution in [2.75, 3.05) is 11.1 Å². The van der Waals surface area contributed by atoms with Crippen molar-refractivity contribution < 1.29 is 4.79 Å². The third-order valence-corrected chi connectivity index (χ3v) is 5.81. The van der Waals surface area contributed by atoms with Crippen LogP contribution in [0.2, 0.25) is 0 Å². The molecule has 0 aliphatic carbocycles. The minimum Gasteiger partial charge on any atom is -0.325 e. The van der Waals surface area contributed by atoms with Gasteiger partial charge >= 0.3 is 0 Å². The van der Waals surface area contributed by atoms with Crippen molar-refractivity contribution in [2.45, 2.75) is 19.1 Å². The summed E-state index contributed by atoms with van der Waals surface area (Å²) in [4.78, 5) is 12.5. The number of thioether (sulfide) groups is 1. The van der Waals surface area contributed by atoms with Gasteiger partial charge in [0, 0.05) is 29.4 Å². The zero-order chi connectivity index (χ0) is 20.8. The van der Waals surface area contributed by atoms with Crippen LogP contribution in [0.15, 0.2) is 85.3 Å². The first-order valence-electron chi connectivity index (χ1n) is 9.97. The number of para-hydroxylation sites is 2. The highest BCUT2D eigenvalue weighted by atomic mass is 32.2. The molecular formula is C24H24N4OS. The molecule has 0 saturated carbocycles. The van der Waals surface area contributed by atoms with E-state index in [4.69, 9.17) is 0 Å². The Labute approximate surface area is 180 Å². The average Bonchev–Trinajstić information content (AvgIpc) is 3.44. The summed E-state index contributed by atoms with van der Waals surface area (Å²) >= 11 is 1.59. The molecule has 1 amide bonds. The number of aromatic nitrogens is 3. The molecule has 0 atom stereocenters. The fourth-order valence-electron chi connectivity index (χ4n) is 3.38. The Kier molecular flexibility index (Phi) is 6.35. The third kappa shape index (κ3) is 4.49. The van der Waals surface area contributed by atoms with Gasteiger partial charge in [0.05, 0.1) is 17.6 Å². The zero-order valence-electron chi connectivity index (χ0n) is 16.9. The van der Waals surface area contributed by atoms with Crippen LogP contribution in [0.3, 0.4) is 0 Å². The molecule has 1 N–H and O–H groups in total. The summed E-state index contributed by atoms with van der Waals surface area (Å²) in [5, 5.41) is 7.65. The molecule has 0 saturated heterocycles. The highest BCUT2D eigenvalue weighted by Crippen LogP contribution is 2.24. The van der Waals surface area contributed by atoms with Gasteiger partial charge in [-0.1, -0.05) is 43.3 Å². The molecule has 5 nitrogen and oxygen atoms in total. The third-order valence-electron chi connectivity index (χ3n) is 4.83. The van der Waals surface area contributed by atoms with Gasteiger partial charge < -0.3 is 9.88 Å². The summed E-state index contributed by atoms with van der Waals surface area (Å²) in [6, 6.07) is 22.0. The van der Waals surface area contributed by atoms with Crippen LogP contribution in [0.5, 0.6) is 0 Å². The van der Waals surface area contributed by atoms with E-state index in [2.05, 4.69) is 21.9 Å². The van der Waals surface area contributed by atoms with Gasteiger partial charge in [0.2, 0.25) is 5.91 Å². The summed E-state index contributed by atoms with van der Waals surface area (Å²) in [5.41, 5.74) is 4.14. The van der Waals surface area contributed by atoms with Crippen LogP contribution < -0.4 is 5.32 Å². The second kappa shape index (κ2) is 9.50. The SMILES string of the molecule is CCc1ccccc1NC(=O)CSCc1cnn(-c2ccccc2)c1-n1cccc1. The van der Waals surface area contributed by atoms with Crippen LogP contribution in [-0.4, -0.2) is 26.0 Å². The second-order valence-electron chi connectivity index (χ2n) is 6.88. The van der Waals surface area contributed by atoms with Gasteiger partial charge in [-0.05, 0) is 42.3 Å². The van der Waals surface area contributed by atoms with Crippen molar-refractivity contribution in [1.29, 1.82) is 0 Å². The molecule has 6 heteroatoms. The number of aryl methyl sites for hydroxylation is 1. The lowest BCUT2D eigenvalue weighted by molar-refractivity contribution is -0.113. The molecule has 0 bridgehead atoms. The fourth-order valence-corrected chi connectivity index (χ4v) is 4.16. The summed E-state index contributed by atoms with van der Waals surface area (Å²) in [5.74, 6) is 2.09. The van der Waals surface area contributed by atoms with Crippen molar-refractivity contribution in [1.82, 2.24) is 14.3 Å². The van der Waals surface area contributed by atoms with Gasteiger partial charge in [-0.25, -0.2) is 4.68 Å². The molecular weight excluding hydrogens is 392 g/mol. The minimum absolute atomic E-state index is 0.0128. The summed E-state index contributed by atoms with van der Waals surface area (Å²) in [6.45, 7) is 2.09. The van der Waals surface area contributed by atoms with E-state index >= 15 is 0 Å². The number of hydrogen-bond acceptors (Lipinski definition) is 3. The zero-order valence-corrected chi connectivity index (χ0v) is 17.7. The molecule has 0 fully saturated rings. The molecule has 2 aromatic carbocycles. The number of nitrogens with one attached hydrogen (secondary N) is 1. The van der Waals surface area contributed by atoms with Crippen molar-refractivity contribution >= 4 is 23.4 Å². The maximum atomic E-state index is 12.5. The van der Waals surface area contributed by atoms with E-state index in [0.29, 0.717) is 11.5 Å². The largest absolute Gasteiger partial charge is 0.325 e. The minimum atomic E-state index is 0.0128. The number of carbonyl (C=O) groups is 1. The molecule has 0 aliphatic heterocycles. The molecule has 4 rings (SSSR count). The number of anilines is 1. The molecule has 0 radical (unpaired) electrons. The molecule has 4 aromatic rings. The molecule has 2 aromatic heterocycles. The van der Waals surface area contributed by atoms with Gasteiger partial charge in [-0.15, -0.1) is 11.8 Å². The van der Waals surface area contributed by atoms with Crippen molar-refractivity contribution in [3.05, 3.63) is 96.4 Å². The van der Waals surface area contributed by atoms with Gasteiger partial charge in [-0.3, -0.25) is 4.79 Å². The van der Waals surface area contributed by atoms with Crippen LogP contribution >= 0.6 is 11.8 Å². The Bertz CT molecular complexity index is 1100. The highest BCUT2D eigenvalue weighted by Gasteiger charge is 2.14. The summed E-state index contributed by atoms with van der Waals surface area (Å²) in [7, 11) is 0. The first kappa shape index (κ1) is 20.0. The Morgan fingerprint density at radius 1 is 0.967 bits per heavy atom. The normalized spacial score (nSPS) is 10.8. The fraction of sp³-hybridized carbons (Fsp3) is 0.167. The number of benzene rings is 2. The van der Waals surface area contributed by atoms with Crippen LogP contribution in [0, 0.1) is 0 Å². The van der Waals surface area contributed by atoms with Crippen LogP contribution in [-0.2, 0) is 17.0 Å². The molecule has 0 unspecified atom stereocenters. The molecule has 0 aliphatic rings. The first-order valence-corrected chi connectivity index (χ1v) is 11.1. The highest BCUT2D eigenvalue weighted by molar-refractivity contribution is 7.99. The number of carbonyl (C=O) groups excluding carboxylic acids is 1. The lowest BCUT2D eigenvalue weighted by atomic mass is 10.1. The average molecular weight is 417 g/mol. The van der Waals surface area contributed by atoms with Gasteiger partial charge in [0.15, 0.2) is 0 Å². The standard InChI is InChI=1S/C24H24N4OS/c1-2-19-10-6-7-13-22(19)26-23(29)18-30-17-20-16-25-28(21-11-4-3-5-12-21)24(20)27-14-8-9-15-27/h3-16H,2,17-18H2,1H3,(H,26,29). The van der Waals surface area contributed by atoms with E-state index in [0.717, 1.165) is 34.7 Å². The smallest absolute Gasteiger partial charge is 0.234 e. The van der Waals surface area contributed by atoms with E-state index in [1.54, 1.807) is 11.8 Å². The number of amides is 1. The molecule has 0 spiro atoms. The van der Waals surface area contributed by atoms with E-state index in [1.807, 2.05) is 90.0 Å². The van der Waals surface area contributed by atoms with Crippen molar-refractivity contribution in [2.24, 2.45) is 0 Å². The first-order chi connectivity index (χ1) is 14.8. The Balaban J connectivity index is 1.46. The maximum Gasteiger partial charge on any atom is 0.234 e. The molecule has 152 valence electrons. The van der Waals surface area contributed by atoms with Gasteiger partial charge in [0.1, 0.15) is 5.82 Å². The second-order valence-corrected chi connectivity index (χ2v) is 7.87. The van der Waals surface area contributed by atoms with Crippen LogP contribution in [0.25, 0.3) is 11.5 Å². The number of hydrogen-bond donors (Lipinski definition) is 1. The predicted octanol–water partition coefficient (Wildman–Crippen LogP) is 5.10. The molecule has 30 heavy (non-hydrogen) atoms. The van der Waals surface area contributed by atoms with Gasteiger partial charge in [-0.2, -0.15) is 5.10 Å². The number of rotatable bonds is 8. The Morgan fingerprint density at radius 2 is 1.70 bits per heavy atom. The quantitative estimate of drug-likeness (QED) is 0.435. The van der Waals surface area contributed by atoms with Crippen LogP contribution in [0.4, 0.5) is 5.69 Å². The summed E-state index contributed by atoms with van der Waals surface area (Å²) < 4.78 is 4.00. The predicted molar refractivity (Wildman–Crippen MR) is 124 cm³/mol. The van der Waals surface area contributed by atoms with Crippen molar-refractivity contribution in [3.8, 4) is 11.5 Å². The Morgan fingerprint density at radius 3 is 2.47 bits per heavy atom. The maximum absolute atomic E-state index is 12.5. The van der Waals surface area contributed by atoms with E-state index in [9.17, 15) is 4.79 Å². The summed E-state index contributed by atoms with van der Waals surface area (Å²) in [6.07, 6.45) is 6.81. The lowest BCUT2D eigenvalue weighted by Crippen LogP contribution is -2.15. The molecule has 2 heterocycles. The monoisotopic (exact) mass is 416 g/mol. The van der Waals surface area contributed by atoms with Crippen LogP contribution in [0.1, 0.15) is 18.1 Å². The lowest BCUT2D eigenvalue weighted by Gasteiger charge is -2.11. The van der Waals surface area contributed by atoms with E-state index in [-0.39, 0.29) is 5.91 Å². The topological polar surface area (TPSA) is 51.9 Å². The number of nitrogens with zero attached hydrogens (tertiary/aromatic N) is 3. The van der Waals surface area contributed by atoms with Crippen molar-refractivity contribution in [3.63, 3.8) is 0 Å². The van der Waals surface area contributed by atoms with E-state index in [1.165, 1.54) is 0 Å². The van der Waals surface area contributed by atoms with E-state index < -0.39 is 0 Å². The van der Waals surface area contributed by atoms with Gasteiger partial charge in [0.25, 0.3) is 0 Å².